The molecule has 0 amide bonds. The molecule has 0 spiro atoms. The fraction of sp³-hybridized carbons (Fsp3) is 0.625. The zero-order valence-corrected chi connectivity index (χ0v) is 11.1. The molecule has 0 heterocycles. The Morgan fingerprint density at radius 3 is 2.28 bits per heavy atom. The lowest BCUT2D eigenvalue weighted by atomic mass is 10.0. The van der Waals surface area contributed by atoms with Crippen LogP contribution in [0.3, 0.4) is 0 Å². The standard InChI is InChI=1S/C16H23NO/c1-11-2-4-13(5-3-11)16(14-8-9-14)17-10-15(18)12-6-7-12/h2-5,12,14-18H,6-10H2,1H3. The van der Waals surface area contributed by atoms with Crippen molar-refractivity contribution in [3.8, 4) is 0 Å². The predicted octanol–water partition coefficient (Wildman–Crippen LogP) is 2.81. The van der Waals surface area contributed by atoms with Gasteiger partial charge in [-0.3, -0.25) is 0 Å². The summed E-state index contributed by atoms with van der Waals surface area (Å²) in [4.78, 5) is 0. The highest BCUT2D eigenvalue weighted by molar-refractivity contribution is 5.25. The van der Waals surface area contributed by atoms with Crippen molar-refractivity contribution in [1.82, 2.24) is 5.32 Å². The van der Waals surface area contributed by atoms with E-state index in [1.165, 1.54) is 36.8 Å². The summed E-state index contributed by atoms with van der Waals surface area (Å²) in [6, 6.07) is 9.27. The van der Waals surface area contributed by atoms with E-state index in [4.69, 9.17) is 0 Å². The van der Waals surface area contributed by atoms with Gasteiger partial charge in [0, 0.05) is 12.6 Å². The van der Waals surface area contributed by atoms with Gasteiger partial charge in [-0.25, -0.2) is 0 Å². The third kappa shape index (κ3) is 2.93. The Kier molecular flexibility index (Phi) is 3.40. The second-order valence-corrected chi connectivity index (χ2v) is 6.04. The third-order valence-electron chi connectivity index (χ3n) is 4.24. The quantitative estimate of drug-likeness (QED) is 0.807. The molecule has 1 aromatic rings. The molecule has 98 valence electrons. The summed E-state index contributed by atoms with van der Waals surface area (Å²) in [6.07, 6.45) is 4.93. The van der Waals surface area contributed by atoms with E-state index in [-0.39, 0.29) is 6.10 Å². The van der Waals surface area contributed by atoms with Crippen molar-refractivity contribution in [2.45, 2.75) is 44.8 Å². The van der Waals surface area contributed by atoms with Gasteiger partial charge in [-0.15, -0.1) is 0 Å². The van der Waals surface area contributed by atoms with E-state index in [9.17, 15) is 5.11 Å². The Bertz CT molecular complexity index is 392. The van der Waals surface area contributed by atoms with Crippen LogP contribution in [0.2, 0.25) is 0 Å². The van der Waals surface area contributed by atoms with Crippen LogP contribution >= 0.6 is 0 Å². The van der Waals surface area contributed by atoms with Crippen LogP contribution < -0.4 is 5.32 Å². The number of nitrogens with one attached hydrogen (secondary N) is 1. The number of aliphatic hydroxyl groups excluding tert-OH is 1. The fourth-order valence-corrected chi connectivity index (χ4v) is 2.66. The molecule has 2 atom stereocenters. The van der Waals surface area contributed by atoms with Crippen LogP contribution in [0.15, 0.2) is 24.3 Å². The first-order valence-electron chi connectivity index (χ1n) is 7.22. The lowest BCUT2D eigenvalue weighted by Crippen LogP contribution is -2.32. The average molecular weight is 245 g/mol. The van der Waals surface area contributed by atoms with Crippen molar-refractivity contribution >= 4 is 0 Å². The number of benzene rings is 1. The molecule has 0 bridgehead atoms. The average Bonchev–Trinajstić information content (AvgIpc) is 3.24. The van der Waals surface area contributed by atoms with Crippen LogP contribution in [-0.4, -0.2) is 17.8 Å². The lowest BCUT2D eigenvalue weighted by molar-refractivity contribution is 0.143. The molecule has 2 saturated carbocycles. The highest BCUT2D eigenvalue weighted by atomic mass is 16.3. The van der Waals surface area contributed by atoms with Gasteiger partial charge in [-0.05, 0) is 50.0 Å². The van der Waals surface area contributed by atoms with Gasteiger partial charge >= 0.3 is 0 Å². The molecule has 18 heavy (non-hydrogen) atoms. The Morgan fingerprint density at radius 2 is 1.72 bits per heavy atom. The van der Waals surface area contributed by atoms with Crippen molar-refractivity contribution in [3.63, 3.8) is 0 Å². The summed E-state index contributed by atoms with van der Waals surface area (Å²) >= 11 is 0. The van der Waals surface area contributed by atoms with Gasteiger partial charge < -0.3 is 10.4 Å². The summed E-state index contributed by atoms with van der Waals surface area (Å²) in [6.45, 7) is 2.87. The van der Waals surface area contributed by atoms with Crippen molar-refractivity contribution in [2.75, 3.05) is 6.54 Å². The SMILES string of the molecule is Cc1ccc(C(NCC(O)C2CC2)C2CC2)cc1. The zero-order chi connectivity index (χ0) is 12.5. The molecule has 0 aromatic heterocycles. The van der Waals surface area contributed by atoms with E-state index in [2.05, 4.69) is 36.5 Å². The van der Waals surface area contributed by atoms with Gasteiger partial charge in [0.05, 0.1) is 6.10 Å². The maximum atomic E-state index is 9.97. The molecule has 2 fully saturated rings. The number of hydrogen-bond donors (Lipinski definition) is 2. The smallest absolute Gasteiger partial charge is 0.0692 e. The molecule has 2 unspecified atom stereocenters. The Labute approximate surface area is 109 Å². The van der Waals surface area contributed by atoms with Crippen LogP contribution in [0.5, 0.6) is 0 Å². The first-order chi connectivity index (χ1) is 8.74. The van der Waals surface area contributed by atoms with E-state index in [1.54, 1.807) is 0 Å². The minimum absolute atomic E-state index is 0.142. The van der Waals surface area contributed by atoms with Gasteiger partial charge in [0.25, 0.3) is 0 Å². The number of rotatable bonds is 6. The molecule has 1 aromatic carbocycles. The molecule has 0 saturated heterocycles. The molecule has 2 nitrogen and oxygen atoms in total. The molecule has 2 heteroatoms. The second kappa shape index (κ2) is 5.02. The van der Waals surface area contributed by atoms with E-state index >= 15 is 0 Å². The molecular formula is C16H23NO. The van der Waals surface area contributed by atoms with Crippen LogP contribution in [-0.2, 0) is 0 Å². The first-order valence-corrected chi connectivity index (χ1v) is 7.22. The molecule has 3 rings (SSSR count). The summed E-state index contributed by atoms with van der Waals surface area (Å²) in [5.41, 5.74) is 2.69. The monoisotopic (exact) mass is 245 g/mol. The van der Waals surface area contributed by atoms with Crippen LogP contribution in [0.1, 0.15) is 42.9 Å². The largest absolute Gasteiger partial charge is 0.392 e. The maximum absolute atomic E-state index is 9.97. The van der Waals surface area contributed by atoms with Crippen LogP contribution in [0.25, 0.3) is 0 Å². The highest BCUT2D eigenvalue weighted by Crippen LogP contribution is 2.41. The molecule has 2 aliphatic carbocycles. The van der Waals surface area contributed by atoms with Crippen molar-refractivity contribution in [1.29, 1.82) is 0 Å². The van der Waals surface area contributed by atoms with Crippen LogP contribution in [0.4, 0.5) is 0 Å². The van der Waals surface area contributed by atoms with E-state index in [1.807, 2.05) is 0 Å². The summed E-state index contributed by atoms with van der Waals surface area (Å²) < 4.78 is 0. The first kappa shape index (κ1) is 12.2. The highest BCUT2D eigenvalue weighted by Gasteiger charge is 2.34. The van der Waals surface area contributed by atoms with Crippen molar-refractivity contribution in [2.24, 2.45) is 11.8 Å². The summed E-state index contributed by atoms with van der Waals surface area (Å²) in [5, 5.41) is 13.6. The topological polar surface area (TPSA) is 32.3 Å². The maximum Gasteiger partial charge on any atom is 0.0692 e. The number of aryl methyl sites for hydroxylation is 1. The molecule has 2 aliphatic rings. The molecule has 0 aliphatic heterocycles. The van der Waals surface area contributed by atoms with Crippen molar-refractivity contribution in [3.05, 3.63) is 35.4 Å². The normalized spacial score (nSPS) is 22.8. The molecular weight excluding hydrogens is 222 g/mol. The van der Waals surface area contributed by atoms with E-state index < -0.39 is 0 Å². The predicted molar refractivity (Wildman–Crippen MR) is 73.4 cm³/mol. The number of hydrogen-bond acceptors (Lipinski definition) is 2. The van der Waals surface area contributed by atoms with Crippen LogP contribution in [0, 0.1) is 18.8 Å². The van der Waals surface area contributed by atoms with E-state index in [0.29, 0.717) is 12.0 Å². The van der Waals surface area contributed by atoms with Gasteiger partial charge in [0.2, 0.25) is 0 Å². The summed E-state index contributed by atoms with van der Waals surface area (Å²) in [5.74, 6) is 1.34. The molecule has 2 N–H and O–H groups in total. The summed E-state index contributed by atoms with van der Waals surface area (Å²) in [7, 11) is 0. The van der Waals surface area contributed by atoms with Gasteiger partial charge in [0.1, 0.15) is 0 Å². The fourth-order valence-electron chi connectivity index (χ4n) is 2.66. The Hall–Kier alpha value is -0.860. The van der Waals surface area contributed by atoms with Gasteiger partial charge in [0.15, 0.2) is 0 Å². The minimum atomic E-state index is -0.142. The molecule has 0 radical (unpaired) electrons. The Balaban J connectivity index is 1.62. The Morgan fingerprint density at radius 1 is 1.11 bits per heavy atom. The second-order valence-electron chi connectivity index (χ2n) is 6.04. The minimum Gasteiger partial charge on any atom is -0.392 e. The van der Waals surface area contributed by atoms with Gasteiger partial charge in [-0.2, -0.15) is 0 Å². The zero-order valence-electron chi connectivity index (χ0n) is 11.1. The van der Waals surface area contributed by atoms with Crippen molar-refractivity contribution < 1.29 is 5.11 Å². The lowest BCUT2D eigenvalue weighted by Gasteiger charge is -2.21. The van der Waals surface area contributed by atoms with E-state index in [0.717, 1.165) is 12.5 Å². The third-order valence-corrected chi connectivity index (χ3v) is 4.24. The van der Waals surface area contributed by atoms with Gasteiger partial charge in [-0.1, -0.05) is 29.8 Å². The number of aliphatic hydroxyl groups is 1.